The van der Waals surface area contributed by atoms with Crippen LogP contribution in [-0.4, -0.2) is 23.4 Å². The van der Waals surface area contributed by atoms with Gasteiger partial charge in [0.05, 0.1) is 12.1 Å². The summed E-state index contributed by atoms with van der Waals surface area (Å²) in [7, 11) is 0. The van der Waals surface area contributed by atoms with E-state index in [0.29, 0.717) is 0 Å². The van der Waals surface area contributed by atoms with Gasteiger partial charge in [0.15, 0.2) is 0 Å². The van der Waals surface area contributed by atoms with E-state index < -0.39 is 0 Å². The lowest BCUT2D eigenvalue weighted by Crippen LogP contribution is -2.47. The number of carbonyl (C=O) groups excluding carboxylic acids is 1. The van der Waals surface area contributed by atoms with Crippen molar-refractivity contribution in [2.45, 2.75) is 38.9 Å². The maximum atomic E-state index is 12.8. The first-order chi connectivity index (χ1) is 12.6. The standard InChI is InChI=1S/C22H24N2O2/c1-15(21-13-18-8-5-6-10-20(18)26-21)23-22(25)16(2)24-12-11-17-7-3-4-9-19(17)14-24/h3-10,13,15-16H,11-12,14H2,1-2H3,(H,23,25)/t15-,16+/m0/s1. The second-order valence-electron chi connectivity index (χ2n) is 7.08. The van der Waals surface area contributed by atoms with Crippen molar-refractivity contribution >= 4 is 16.9 Å². The van der Waals surface area contributed by atoms with Crippen molar-refractivity contribution in [1.29, 1.82) is 0 Å². The van der Waals surface area contributed by atoms with Crippen molar-refractivity contribution in [3.63, 3.8) is 0 Å². The summed E-state index contributed by atoms with van der Waals surface area (Å²) in [5.74, 6) is 0.827. The van der Waals surface area contributed by atoms with Crippen molar-refractivity contribution in [3.05, 3.63) is 71.5 Å². The minimum atomic E-state index is -0.171. The summed E-state index contributed by atoms with van der Waals surface area (Å²) in [5.41, 5.74) is 3.57. The number of nitrogens with zero attached hydrogens (tertiary/aromatic N) is 1. The first-order valence-corrected chi connectivity index (χ1v) is 9.21. The number of benzene rings is 2. The number of furan rings is 1. The maximum Gasteiger partial charge on any atom is 0.237 e. The summed E-state index contributed by atoms with van der Waals surface area (Å²) in [5, 5.41) is 4.16. The highest BCUT2D eigenvalue weighted by Crippen LogP contribution is 2.24. The van der Waals surface area contributed by atoms with Gasteiger partial charge < -0.3 is 9.73 Å². The number of nitrogens with one attached hydrogen (secondary N) is 1. The van der Waals surface area contributed by atoms with E-state index in [0.717, 1.165) is 36.2 Å². The Morgan fingerprint density at radius 1 is 1.08 bits per heavy atom. The Balaban J connectivity index is 1.42. The van der Waals surface area contributed by atoms with Gasteiger partial charge in [0.25, 0.3) is 0 Å². The molecule has 0 bridgehead atoms. The molecule has 1 amide bonds. The predicted octanol–water partition coefficient (Wildman–Crippen LogP) is 4.06. The van der Waals surface area contributed by atoms with Gasteiger partial charge in [-0.1, -0.05) is 42.5 Å². The minimum Gasteiger partial charge on any atom is -0.459 e. The van der Waals surface area contributed by atoms with Crippen LogP contribution in [0.25, 0.3) is 11.0 Å². The normalized spacial score (nSPS) is 16.8. The third kappa shape index (κ3) is 3.25. The molecule has 2 aromatic carbocycles. The zero-order valence-corrected chi connectivity index (χ0v) is 15.2. The quantitative estimate of drug-likeness (QED) is 0.773. The molecular formula is C22H24N2O2. The first kappa shape index (κ1) is 16.9. The molecule has 0 radical (unpaired) electrons. The van der Waals surface area contributed by atoms with Gasteiger partial charge in [0, 0.05) is 18.5 Å². The fourth-order valence-corrected chi connectivity index (χ4v) is 3.63. The molecule has 0 saturated heterocycles. The second kappa shape index (κ2) is 6.96. The van der Waals surface area contributed by atoms with Crippen molar-refractivity contribution < 1.29 is 9.21 Å². The summed E-state index contributed by atoms with van der Waals surface area (Å²) >= 11 is 0. The smallest absolute Gasteiger partial charge is 0.237 e. The number of hydrogen-bond acceptors (Lipinski definition) is 3. The van der Waals surface area contributed by atoms with Crippen molar-refractivity contribution in [2.24, 2.45) is 0 Å². The Morgan fingerprint density at radius 3 is 2.62 bits per heavy atom. The van der Waals surface area contributed by atoms with Gasteiger partial charge >= 0.3 is 0 Å². The SMILES string of the molecule is C[C@H](NC(=O)[C@@H](C)N1CCc2ccccc2C1)c1cc2ccccc2o1. The van der Waals surface area contributed by atoms with Crippen LogP contribution in [0.5, 0.6) is 0 Å². The lowest BCUT2D eigenvalue weighted by Gasteiger charge is -2.33. The number of amides is 1. The van der Waals surface area contributed by atoms with Crippen LogP contribution in [0.15, 0.2) is 59.0 Å². The largest absolute Gasteiger partial charge is 0.459 e. The molecule has 1 N–H and O–H groups in total. The number of para-hydroxylation sites is 1. The van der Waals surface area contributed by atoms with Crippen LogP contribution in [0.4, 0.5) is 0 Å². The molecule has 1 aliphatic rings. The van der Waals surface area contributed by atoms with Crippen molar-refractivity contribution in [2.75, 3.05) is 6.54 Å². The third-order valence-electron chi connectivity index (χ3n) is 5.32. The van der Waals surface area contributed by atoms with Crippen LogP contribution >= 0.6 is 0 Å². The molecule has 4 rings (SSSR count). The van der Waals surface area contributed by atoms with Crippen LogP contribution in [0, 0.1) is 0 Å². The van der Waals surface area contributed by atoms with Crippen LogP contribution < -0.4 is 5.32 Å². The highest BCUT2D eigenvalue weighted by atomic mass is 16.3. The van der Waals surface area contributed by atoms with Crippen molar-refractivity contribution in [1.82, 2.24) is 10.2 Å². The number of rotatable bonds is 4. The molecule has 2 heterocycles. The zero-order valence-electron chi connectivity index (χ0n) is 15.2. The summed E-state index contributed by atoms with van der Waals surface area (Å²) < 4.78 is 5.87. The fraction of sp³-hybridized carbons (Fsp3) is 0.318. The molecule has 1 aliphatic heterocycles. The lowest BCUT2D eigenvalue weighted by atomic mass is 9.98. The highest BCUT2D eigenvalue weighted by molar-refractivity contribution is 5.82. The molecule has 0 spiro atoms. The molecule has 0 saturated carbocycles. The van der Waals surface area contributed by atoms with Gasteiger partial charge in [0.2, 0.25) is 5.91 Å². The molecule has 2 atom stereocenters. The molecule has 4 heteroatoms. The minimum absolute atomic E-state index is 0.0392. The van der Waals surface area contributed by atoms with E-state index >= 15 is 0 Å². The van der Waals surface area contributed by atoms with E-state index in [4.69, 9.17) is 4.42 Å². The van der Waals surface area contributed by atoms with Crippen LogP contribution in [0.1, 0.15) is 36.8 Å². The van der Waals surface area contributed by atoms with Crippen LogP contribution in [-0.2, 0) is 17.8 Å². The predicted molar refractivity (Wildman–Crippen MR) is 103 cm³/mol. The van der Waals surface area contributed by atoms with E-state index in [1.807, 2.05) is 44.2 Å². The Bertz CT molecular complexity index is 898. The second-order valence-corrected chi connectivity index (χ2v) is 7.08. The molecule has 4 nitrogen and oxygen atoms in total. The van der Waals surface area contributed by atoms with Gasteiger partial charge in [-0.2, -0.15) is 0 Å². The summed E-state index contributed by atoms with van der Waals surface area (Å²) in [4.78, 5) is 15.0. The zero-order chi connectivity index (χ0) is 18.1. The lowest BCUT2D eigenvalue weighted by molar-refractivity contribution is -0.127. The summed E-state index contributed by atoms with van der Waals surface area (Å²) in [6.07, 6.45) is 0.993. The van der Waals surface area contributed by atoms with E-state index in [-0.39, 0.29) is 18.0 Å². The molecular weight excluding hydrogens is 324 g/mol. The Kier molecular flexibility index (Phi) is 4.51. The van der Waals surface area contributed by atoms with Gasteiger partial charge in [-0.3, -0.25) is 9.69 Å². The van der Waals surface area contributed by atoms with Gasteiger partial charge in [0.1, 0.15) is 11.3 Å². The molecule has 134 valence electrons. The fourth-order valence-electron chi connectivity index (χ4n) is 3.63. The Hall–Kier alpha value is -2.59. The van der Waals surface area contributed by atoms with E-state index in [9.17, 15) is 4.79 Å². The Labute approximate surface area is 153 Å². The monoisotopic (exact) mass is 348 g/mol. The average molecular weight is 348 g/mol. The number of hydrogen-bond donors (Lipinski definition) is 1. The average Bonchev–Trinajstić information content (AvgIpc) is 3.11. The molecule has 0 fully saturated rings. The van der Waals surface area contributed by atoms with Gasteiger partial charge in [-0.15, -0.1) is 0 Å². The third-order valence-corrected chi connectivity index (χ3v) is 5.32. The topological polar surface area (TPSA) is 45.5 Å². The molecule has 0 unspecified atom stereocenters. The van der Waals surface area contributed by atoms with E-state index in [2.05, 4.69) is 34.5 Å². The molecule has 1 aromatic heterocycles. The summed E-state index contributed by atoms with van der Waals surface area (Å²) in [6.45, 7) is 5.68. The van der Waals surface area contributed by atoms with Crippen LogP contribution in [0.3, 0.4) is 0 Å². The molecule has 3 aromatic rings. The van der Waals surface area contributed by atoms with E-state index in [1.165, 1.54) is 11.1 Å². The first-order valence-electron chi connectivity index (χ1n) is 9.21. The van der Waals surface area contributed by atoms with Gasteiger partial charge in [-0.25, -0.2) is 0 Å². The number of fused-ring (bicyclic) bond motifs is 2. The number of carbonyl (C=O) groups is 1. The maximum absolute atomic E-state index is 12.8. The molecule has 26 heavy (non-hydrogen) atoms. The Morgan fingerprint density at radius 2 is 1.81 bits per heavy atom. The van der Waals surface area contributed by atoms with Gasteiger partial charge in [-0.05, 0) is 43.5 Å². The van der Waals surface area contributed by atoms with Crippen LogP contribution in [0.2, 0.25) is 0 Å². The summed E-state index contributed by atoms with van der Waals surface area (Å²) in [6, 6.07) is 18.1. The molecule has 0 aliphatic carbocycles. The van der Waals surface area contributed by atoms with Crippen molar-refractivity contribution in [3.8, 4) is 0 Å². The van der Waals surface area contributed by atoms with E-state index in [1.54, 1.807) is 0 Å². The highest BCUT2D eigenvalue weighted by Gasteiger charge is 2.26.